The van der Waals surface area contributed by atoms with Crippen molar-refractivity contribution in [2.75, 3.05) is 9.80 Å². The molecule has 0 radical (unpaired) electrons. The van der Waals surface area contributed by atoms with E-state index in [0.717, 1.165) is 34.1 Å². The van der Waals surface area contributed by atoms with Crippen LogP contribution in [-0.2, 0) is 21.7 Å². The molecule has 12 aromatic rings. The molecular weight excluding hydrogens is 989 g/mol. The first-order valence-electron chi connectivity index (χ1n) is 29.3. The summed E-state index contributed by atoms with van der Waals surface area (Å²) >= 11 is 0. The van der Waals surface area contributed by atoms with Crippen LogP contribution >= 0.6 is 0 Å². The van der Waals surface area contributed by atoms with Crippen molar-refractivity contribution in [3.8, 4) is 44.5 Å². The van der Waals surface area contributed by atoms with Crippen LogP contribution in [0.15, 0.2) is 243 Å². The van der Waals surface area contributed by atoms with Crippen molar-refractivity contribution in [2.45, 2.75) is 90.9 Å². The predicted molar refractivity (Wildman–Crippen MR) is 352 cm³/mol. The first kappa shape index (κ1) is 51.2. The number of nitrogens with zero attached hydrogens (tertiary/aromatic N) is 2. The highest BCUT2D eigenvalue weighted by Gasteiger charge is 2.38. The summed E-state index contributed by atoms with van der Waals surface area (Å²) in [5.41, 5.74) is 24.9. The third-order valence-corrected chi connectivity index (χ3v) is 18.3. The van der Waals surface area contributed by atoms with E-state index < -0.39 is 0 Å². The molecule has 14 rings (SSSR count). The number of hydrogen-bond donors (Lipinski definition) is 0. The fourth-order valence-electron chi connectivity index (χ4n) is 13.8. The molecule has 0 saturated carbocycles. The van der Waals surface area contributed by atoms with Crippen LogP contribution in [0, 0.1) is 0 Å². The highest BCUT2D eigenvalue weighted by Crippen LogP contribution is 2.55. The molecule has 12 aromatic carbocycles. The van der Waals surface area contributed by atoms with Crippen LogP contribution in [-0.4, -0.2) is 0 Å². The van der Waals surface area contributed by atoms with E-state index in [4.69, 9.17) is 0 Å². The topological polar surface area (TPSA) is 6.48 Å². The number of anilines is 6. The van der Waals surface area contributed by atoms with Gasteiger partial charge < -0.3 is 9.80 Å². The molecule has 0 aromatic heterocycles. The van der Waals surface area contributed by atoms with E-state index in [0.29, 0.717) is 0 Å². The van der Waals surface area contributed by atoms with Gasteiger partial charge in [0.05, 0.1) is 0 Å². The average molecular weight is 1060 g/mol. The molecule has 0 bridgehead atoms. The molecule has 0 spiro atoms. The van der Waals surface area contributed by atoms with E-state index in [2.05, 4.69) is 322 Å². The van der Waals surface area contributed by atoms with E-state index in [-0.39, 0.29) is 21.7 Å². The molecule has 2 nitrogen and oxygen atoms in total. The Morgan fingerprint density at radius 2 is 0.573 bits per heavy atom. The maximum Gasteiger partial charge on any atom is 0.0465 e. The molecule has 400 valence electrons. The number of hydrogen-bond acceptors (Lipinski definition) is 2. The first-order chi connectivity index (χ1) is 39.4. The minimum Gasteiger partial charge on any atom is -0.310 e. The summed E-state index contributed by atoms with van der Waals surface area (Å²) in [4.78, 5) is 4.81. The fraction of sp³-hybridized carbons (Fsp3) is 0.175. The van der Waals surface area contributed by atoms with Crippen molar-refractivity contribution in [1.29, 1.82) is 0 Å². The van der Waals surface area contributed by atoms with Gasteiger partial charge in [-0.25, -0.2) is 0 Å². The molecule has 2 aliphatic rings. The Labute approximate surface area is 485 Å². The van der Waals surface area contributed by atoms with Gasteiger partial charge in [0.25, 0.3) is 0 Å². The Hall–Kier alpha value is -8.98. The largest absolute Gasteiger partial charge is 0.310 e. The molecule has 0 amide bonds. The van der Waals surface area contributed by atoms with E-state index in [1.807, 2.05) is 0 Å². The van der Waals surface area contributed by atoms with Crippen molar-refractivity contribution in [2.24, 2.45) is 0 Å². The van der Waals surface area contributed by atoms with Gasteiger partial charge in [0.1, 0.15) is 0 Å². The minimum absolute atomic E-state index is 0.0736. The van der Waals surface area contributed by atoms with Crippen LogP contribution < -0.4 is 9.80 Å². The van der Waals surface area contributed by atoms with Crippen molar-refractivity contribution < 1.29 is 0 Å². The van der Waals surface area contributed by atoms with Crippen molar-refractivity contribution in [3.05, 3.63) is 276 Å². The summed E-state index contributed by atoms with van der Waals surface area (Å²) in [5, 5.41) is 7.63. The monoisotopic (exact) mass is 1060 g/mol. The maximum atomic E-state index is 2.50. The van der Waals surface area contributed by atoms with Crippen molar-refractivity contribution in [3.63, 3.8) is 0 Å². The Bertz CT molecular complexity index is 4200. The number of rotatable bonds is 8. The van der Waals surface area contributed by atoms with Gasteiger partial charge in [-0.2, -0.15) is 0 Å². The molecule has 82 heavy (non-hydrogen) atoms. The van der Waals surface area contributed by atoms with Gasteiger partial charge in [0.2, 0.25) is 0 Å². The Kier molecular flexibility index (Phi) is 11.7. The quantitative estimate of drug-likeness (QED) is 0.140. The zero-order valence-electron chi connectivity index (χ0n) is 49.0. The van der Waals surface area contributed by atoms with Crippen LogP contribution in [0.25, 0.3) is 76.8 Å². The van der Waals surface area contributed by atoms with Gasteiger partial charge in [0, 0.05) is 45.0 Å². The van der Waals surface area contributed by atoms with Gasteiger partial charge >= 0.3 is 0 Å². The van der Waals surface area contributed by atoms with E-state index in [1.165, 1.54) is 110 Å². The van der Waals surface area contributed by atoms with Crippen LogP contribution in [0.3, 0.4) is 0 Å². The van der Waals surface area contributed by atoms with E-state index in [9.17, 15) is 0 Å². The van der Waals surface area contributed by atoms with Gasteiger partial charge in [-0.1, -0.05) is 215 Å². The molecule has 0 heterocycles. The smallest absolute Gasteiger partial charge is 0.0465 e. The standard InChI is InChI=1S/C80H70N2/c1-77(2,3)54-31-35-58(36-32-54)81(56-21-13-11-14-22-56)60-39-43-66-64-41-29-51(47-72(64)79(7,8)74(66)49-60)70-45-53-46-71(63-26-18-20-28-69(63)76(53)68-27-19-17-25-62(68)70)52-30-42-65-67-44-40-61(50-75(67)80(9,10)73(65)48-52)82(57-23-15-12-16-24-57)59-37-33-55(34-38-59)78(4,5)6/h11-50H,1-10H3. The van der Waals surface area contributed by atoms with Gasteiger partial charge in [-0.05, 0) is 218 Å². The predicted octanol–water partition coefficient (Wildman–Crippen LogP) is 22.6. The lowest BCUT2D eigenvalue weighted by molar-refractivity contribution is 0.590. The number of benzene rings is 12. The summed E-state index contributed by atoms with van der Waals surface area (Å²) in [6.45, 7) is 23.3. The van der Waals surface area contributed by atoms with Gasteiger partial charge in [-0.3, -0.25) is 0 Å². The number of para-hydroxylation sites is 2. The first-order valence-corrected chi connectivity index (χ1v) is 29.3. The highest BCUT2D eigenvalue weighted by atomic mass is 15.1. The second-order valence-electron chi connectivity index (χ2n) is 26.2. The van der Waals surface area contributed by atoms with Crippen LogP contribution in [0.5, 0.6) is 0 Å². The fourth-order valence-corrected chi connectivity index (χ4v) is 13.8. The minimum atomic E-state index is -0.243. The lowest BCUT2D eigenvalue weighted by atomic mass is 9.80. The molecule has 0 unspecified atom stereocenters. The molecule has 2 aliphatic carbocycles. The SMILES string of the molecule is CC(C)(C)c1ccc(N(c2ccccc2)c2ccc3c(c2)C(C)(C)c2cc(-c4cc5cc(-c6ccc7c(c6)C(C)(C)c6cc(N(c8ccccc8)c8ccc(C(C)(C)C)cc8)ccc6-7)c6ccccc6c5c5ccccc45)ccc2-3)cc1. The molecule has 0 fully saturated rings. The summed E-state index contributed by atoms with van der Waals surface area (Å²) in [7, 11) is 0. The third-order valence-electron chi connectivity index (χ3n) is 18.3. The van der Waals surface area contributed by atoms with E-state index >= 15 is 0 Å². The van der Waals surface area contributed by atoms with Crippen molar-refractivity contribution in [1.82, 2.24) is 0 Å². The third kappa shape index (κ3) is 8.28. The van der Waals surface area contributed by atoms with Crippen LogP contribution in [0.4, 0.5) is 34.1 Å². The van der Waals surface area contributed by atoms with E-state index in [1.54, 1.807) is 0 Å². The Morgan fingerprint density at radius 1 is 0.268 bits per heavy atom. The molecule has 2 heteroatoms. The molecule has 0 saturated heterocycles. The van der Waals surface area contributed by atoms with Crippen LogP contribution in [0.1, 0.15) is 103 Å². The molecule has 0 N–H and O–H groups in total. The normalized spacial score (nSPS) is 13.9. The van der Waals surface area contributed by atoms with Gasteiger partial charge in [-0.15, -0.1) is 0 Å². The summed E-state index contributed by atoms with van der Waals surface area (Å²) in [6.07, 6.45) is 0. The summed E-state index contributed by atoms with van der Waals surface area (Å²) in [6, 6.07) is 91.7. The average Bonchev–Trinajstić information content (AvgIpc) is 3.92. The highest BCUT2D eigenvalue weighted by molar-refractivity contribution is 6.26. The van der Waals surface area contributed by atoms with Crippen LogP contribution in [0.2, 0.25) is 0 Å². The lowest BCUT2D eigenvalue weighted by Crippen LogP contribution is -2.17. The Balaban J connectivity index is 0.850. The lowest BCUT2D eigenvalue weighted by Gasteiger charge is -2.29. The zero-order chi connectivity index (χ0) is 56.5. The van der Waals surface area contributed by atoms with Gasteiger partial charge in [0.15, 0.2) is 0 Å². The summed E-state index contributed by atoms with van der Waals surface area (Å²) < 4.78 is 0. The Morgan fingerprint density at radius 3 is 0.939 bits per heavy atom. The second-order valence-corrected chi connectivity index (χ2v) is 26.2. The molecule has 0 aliphatic heterocycles. The number of fused-ring (bicyclic) bond motifs is 11. The maximum absolute atomic E-state index is 2.50. The zero-order valence-corrected chi connectivity index (χ0v) is 49.0. The molecule has 0 atom stereocenters. The molecular formula is C80H70N2. The van der Waals surface area contributed by atoms with Crippen molar-refractivity contribution >= 4 is 66.4 Å². The summed E-state index contributed by atoms with van der Waals surface area (Å²) in [5.74, 6) is 0. The second kappa shape index (κ2) is 18.8.